The molecule has 1 heterocycles. The fourth-order valence-electron chi connectivity index (χ4n) is 2.87. The highest BCUT2D eigenvalue weighted by atomic mass is 35.5. The quantitative estimate of drug-likeness (QED) is 0.767. The first-order valence-corrected chi connectivity index (χ1v) is 9.53. The average Bonchev–Trinajstić information content (AvgIpc) is 2.63. The van der Waals surface area contributed by atoms with Crippen molar-refractivity contribution in [1.82, 2.24) is 0 Å². The van der Waals surface area contributed by atoms with E-state index in [4.69, 9.17) is 32.7 Å². The maximum absolute atomic E-state index is 12.5. The van der Waals surface area contributed by atoms with Gasteiger partial charge in [0.25, 0.3) is 11.8 Å². The van der Waals surface area contributed by atoms with Crippen molar-refractivity contribution in [2.24, 2.45) is 0 Å². The van der Waals surface area contributed by atoms with Crippen molar-refractivity contribution in [2.45, 2.75) is 32.9 Å². The van der Waals surface area contributed by atoms with Gasteiger partial charge in [0.05, 0.1) is 10.7 Å². The first-order valence-electron chi connectivity index (χ1n) is 8.77. The van der Waals surface area contributed by atoms with E-state index in [2.05, 4.69) is 5.32 Å². The number of amides is 2. The molecule has 1 atom stereocenters. The Balaban J connectivity index is 1.74. The number of benzene rings is 2. The summed E-state index contributed by atoms with van der Waals surface area (Å²) in [6.07, 6.45) is -0.797. The van der Waals surface area contributed by atoms with Gasteiger partial charge < -0.3 is 19.7 Å². The standard InChI is InChI=1S/C20H20Cl2N2O4/c1-11(2)24-16-9-14(5-7-18(16)27-10-19(24)25)23-20(26)12(3)28-17-6-4-13(21)8-15(17)22/h4-9,11-12H,10H2,1-3H3,(H,23,26). The lowest BCUT2D eigenvalue weighted by Gasteiger charge is -2.32. The van der Waals surface area contributed by atoms with E-state index in [9.17, 15) is 9.59 Å². The maximum Gasteiger partial charge on any atom is 0.265 e. The van der Waals surface area contributed by atoms with Gasteiger partial charge in [0.1, 0.15) is 11.5 Å². The maximum atomic E-state index is 12.5. The lowest BCUT2D eigenvalue weighted by Crippen LogP contribution is -2.43. The van der Waals surface area contributed by atoms with Crippen LogP contribution in [0.25, 0.3) is 0 Å². The zero-order chi connectivity index (χ0) is 20.4. The molecule has 0 bridgehead atoms. The number of halogens is 2. The summed E-state index contributed by atoms with van der Waals surface area (Å²) >= 11 is 12.0. The number of carbonyl (C=O) groups excluding carboxylic acids is 2. The summed E-state index contributed by atoms with van der Waals surface area (Å²) in [4.78, 5) is 26.4. The molecule has 1 aliphatic heterocycles. The summed E-state index contributed by atoms with van der Waals surface area (Å²) in [6, 6.07) is 9.92. The summed E-state index contributed by atoms with van der Waals surface area (Å²) in [5.74, 6) is 0.484. The number of anilines is 2. The number of ether oxygens (including phenoxy) is 2. The molecule has 0 spiro atoms. The van der Waals surface area contributed by atoms with Gasteiger partial charge in [-0.2, -0.15) is 0 Å². The molecule has 148 valence electrons. The Morgan fingerprint density at radius 3 is 2.61 bits per heavy atom. The molecule has 2 amide bonds. The Hall–Kier alpha value is -2.44. The molecular weight excluding hydrogens is 403 g/mol. The normalized spacial score (nSPS) is 14.4. The van der Waals surface area contributed by atoms with E-state index in [1.807, 2.05) is 13.8 Å². The van der Waals surface area contributed by atoms with Crippen molar-refractivity contribution in [3.8, 4) is 11.5 Å². The molecular formula is C20H20Cl2N2O4. The van der Waals surface area contributed by atoms with Crippen molar-refractivity contribution in [2.75, 3.05) is 16.8 Å². The minimum absolute atomic E-state index is 0.00358. The van der Waals surface area contributed by atoms with Gasteiger partial charge in [-0.3, -0.25) is 9.59 Å². The fraction of sp³-hybridized carbons (Fsp3) is 0.300. The molecule has 1 aliphatic rings. The molecule has 2 aromatic rings. The van der Waals surface area contributed by atoms with E-state index in [-0.39, 0.29) is 24.5 Å². The number of rotatable bonds is 5. The molecule has 0 radical (unpaired) electrons. The number of fused-ring (bicyclic) bond motifs is 1. The van der Waals surface area contributed by atoms with E-state index in [0.717, 1.165) is 0 Å². The average molecular weight is 423 g/mol. The Morgan fingerprint density at radius 2 is 1.93 bits per heavy atom. The van der Waals surface area contributed by atoms with Crippen LogP contribution in [-0.4, -0.2) is 30.6 Å². The molecule has 1 unspecified atom stereocenters. The van der Waals surface area contributed by atoms with Gasteiger partial charge in [0.2, 0.25) is 0 Å². The van der Waals surface area contributed by atoms with Crippen LogP contribution in [-0.2, 0) is 9.59 Å². The Bertz CT molecular complexity index is 917. The molecule has 2 aromatic carbocycles. The fourth-order valence-corrected chi connectivity index (χ4v) is 3.33. The summed E-state index contributed by atoms with van der Waals surface area (Å²) in [5, 5.41) is 3.60. The van der Waals surface area contributed by atoms with Crippen LogP contribution in [0.2, 0.25) is 10.0 Å². The van der Waals surface area contributed by atoms with Crippen LogP contribution in [0.15, 0.2) is 36.4 Å². The Morgan fingerprint density at radius 1 is 1.18 bits per heavy atom. The van der Waals surface area contributed by atoms with Gasteiger partial charge in [0, 0.05) is 16.8 Å². The summed E-state index contributed by atoms with van der Waals surface area (Å²) in [5.41, 5.74) is 1.16. The molecule has 0 fully saturated rings. The third-order valence-corrected chi connectivity index (χ3v) is 4.72. The molecule has 28 heavy (non-hydrogen) atoms. The van der Waals surface area contributed by atoms with Crippen molar-refractivity contribution in [3.63, 3.8) is 0 Å². The van der Waals surface area contributed by atoms with Crippen molar-refractivity contribution >= 4 is 46.4 Å². The summed E-state index contributed by atoms with van der Waals surface area (Å²) < 4.78 is 11.1. The molecule has 1 N–H and O–H groups in total. The molecule has 6 nitrogen and oxygen atoms in total. The second kappa shape index (κ2) is 8.29. The van der Waals surface area contributed by atoms with E-state index >= 15 is 0 Å². The van der Waals surface area contributed by atoms with E-state index in [1.165, 1.54) is 0 Å². The topological polar surface area (TPSA) is 67.9 Å². The highest BCUT2D eigenvalue weighted by Crippen LogP contribution is 2.36. The number of nitrogens with zero attached hydrogens (tertiary/aromatic N) is 1. The predicted molar refractivity (Wildman–Crippen MR) is 110 cm³/mol. The zero-order valence-corrected chi connectivity index (χ0v) is 17.2. The highest BCUT2D eigenvalue weighted by molar-refractivity contribution is 6.35. The molecule has 3 rings (SSSR count). The Labute approximate surface area is 173 Å². The second-order valence-electron chi connectivity index (χ2n) is 6.65. The van der Waals surface area contributed by atoms with Crippen LogP contribution in [0, 0.1) is 0 Å². The van der Waals surface area contributed by atoms with E-state index < -0.39 is 6.10 Å². The predicted octanol–water partition coefficient (Wildman–Crippen LogP) is 4.53. The molecule has 8 heteroatoms. The second-order valence-corrected chi connectivity index (χ2v) is 7.50. The first-order chi connectivity index (χ1) is 13.3. The van der Waals surface area contributed by atoms with Gasteiger partial charge >= 0.3 is 0 Å². The monoisotopic (exact) mass is 422 g/mol. The number of nitrogens with one attached hydrogen (secondary N) is 1. The third kappa shape index (κ3) is 4.34. The smallest absolute Gasteiger partial charge is 0.265 e. The van der Waals surface area contributed by atoms with Crippen molar-refractivity contribution < 1.29 is 19.1 Å². The molecule has 0 saturated carbocycles. The van der Waals surface area contributed by atoms with Crippen molar-refractivity contribution in [1.29, 1.82) is 0 Å². The Kier molecular flexibility index (Phi) is 6.01. The lowest BCUT2D eigenvalue weighted by molar-refractivity contribution is -0.122. The lowest BCUT2D eigenvalue weighted by atomic mass is 10.1. The minimum atomic E-state index is -0.797. The molecule has 0 saturated heterocycles. The SMILES string of the molecule is CC(Oc1ccc(Cl)cc1Cl)C(=O)Nc1ccc2c(c1)N(C(C)C)C(=O)CO2. The summed E-state index contributed by atoms with van der Waals surface area (Å²) in [6.45, 7) is 5.46. The van der Waals surface area contributed by atoms with Crippen LogP contribution in [0.4, 0.5) is 11.4 Å². The number of hydrogen-bond acceptors (Lipinski definition) is 4. The van der Waals surface area contributed by atoms with Crippen LogP contribution in [0.3, 0.4) is 0 Å². The minimum Gasteiger partial charge on any atom is -0.482 e. The van der Waals surface area contributed by atoms with Crippen LogP contribution in [0.5, 0.6) is 11.5 Å². The largest absolute Gasteiger partial charge is 0.482 e. The molecule has 0 aliphatic carbocycles. The van der Waals surface area contributed by atoms with Gasteiger partial charge in [-0.05, 0) is 57.2 Å². The van der Waals surface area contributed by atoms with Crippen molar-refractivity contribution in [3.05, 3.63) is 46.4 Å². The first kappa shape index (κ1) is 20.3. The van der Waals surface area contributed by atoms with Crippen LogP contribution >= 0.6 is 23.2 Å². The zero-order valence-electron chi connectivity index (χ0n) is 15.7. The van der Waals surface area contributed by atoms with Gasteiger partial charge in [-0.25, -0.2) is 0 Å². The van der Waals surface area contributed by atoms with E-state index in [1.54, 1.807) is 48.2 Å². The van der Waals surface area contributed by atoms with Gasteiger partial charge in [-0.15, -0.1) is 0 Å². The summed E-state index contributed by atoms with van der Waals surface area (Å²) in [7, 11) is 0. The molecule has 0 aromatic heterocycles. The van der Waals surface area contributed by atoms with Crippen LogP contribution < -0.4 is 19.7 Å². The number of carbonyl (C=O) groups is 2. The van der Waals surface area contributed by atoms with Crippen LogP contribution in [0.1, 0.15) is 20.8 Å². The third-order valence-electron chi connectivity index (χ3n) is 4.19. The highest BCUT2D eigenvalue weighted by Gasteiger charge is 2.28. The van der Waals surface area contributed by atoms with Gasteiger partial charge in [-0.1, -0.05) is 23.2 Å². The van der Waals surface area contributed by atoms with Gasteiger partial charge in [0.15, 0.2) is 12.7 Å². The number of hydrogen-bond donors (Lipinski definition) is 1. The van der Waals surface area contributed by atoms with E-state index in [0.29, 0.717) is 32.9 Å².